The molecule has 122 valence electrons. The Labute approximate surface area is 140 Å². The van der Waals surface area contributed by atoms with E-state index in [9.17, 15) is 5.11 Å². The summed E-state index contributed by atoms with van der Waals surface area (Å²) >= 11 is 0. The van der Waals surface area contributed by atoms with Crippen molar-refractivity contribution in [1.29, 1.82) is 0 Å². The van der Waals surface area contributed by atoms with Crippen LogP contribution < -0.4 is 10.1 Å². The number of aryl methyl sites for hydroxylation is 2. The maximum atomic E-state index is 9.73. The van der Waals surface area contributed by atoms with Gasteiger partial charge in [-0.25, -0.2) is 4.68 Å². The van der Waals surface area contributed by atoms with Crippen LogP contribution in [0, 0.1) is 13.8 Å². The van der Waals surface area contributed by atoms with E-state index in [1.54, 1.807) is 19.2 Å². The van der Waals surface area contributed by atoms with Crippen molar-refractivity contribution < 1.29 is 9.84 Å². The molecule has 0 saturated carbocycles. The van der Waals surface area contributed by atoms with Crippen LogP contribution in [-0.2, 0) is 0 Å². The number of phenolic OH excluding ortho intramolecular Hbond substituents is 1. The Hall–Kier alpha value is -2.95. The van der Waals surface area contributed by atoms with Crippen molar-refractivity contribution in [2.75, 3.05) is 12.4 Å². The number of phenols is 1. The number of hydrogen-bond donors (Lipinski definition) is 2. The molecule has 1 aliphatic heterocycles. The first-order chi connectivity index (χ1) is 11.6. The smallest absolute Gasteiger partial charge is 0.150 e. The minimum atomic E-state index is -0.195. The third-order valence-corrected chi connectivity index (χ3v) is 4.36. The number of aromatic hydroxyl groups is 1. The van der Waals surface area contributed by atoms with Crippen molar-refractivity contribution in [2.45, 2.75) is 20.0 Å². The van der Waals surface area contributed by atoms with Gasteiger partial charge in [0.2, 0.25) is 0 Å². The van der Waals surface area contributed by atoms with E-state index in [4.69, 9.17) is 4.74 Å². The number of rotatable bonds is 2. The fraction of sp³-hybridized carbons (Fsp3) is 0.211. The SMILES string of the molecule is COc1cc(O)ccc1[C@@H]1Nc2ccc(C)cc2-c2cc(C)nn21. The lowest BCUT2D eigenvalue weighted by molar-refractivity contribution is 0.395. The maximum absolute atomic E-state index is 9.73. The third-order valence-electron chi connectivity index (χ3n) is 4.36. The highest BCUT2D eigenvalue weighted by Crippen LogP contribution is 2.41. The molecule has 5 nitrogen and oxygen atoms in total. The average molecular weight is 321 g/mol. The van der Waals surface area contributed by atoms with Gasteiger partial charge in [0.25, 0.3) is 0 Å². The zero-order chi connectivity index (χ0) is 16.8. The van der Waals surface area contributed by atoms with E-state index in [1.165, 1.54) is 5.56 Å². The summed E-state index contributed by atoms with van der Waals surface area (Å²) in [5.74, 6) is 0.807. The minimum absolute atomic E-state index is 0.180. The predicted octanol–water partition coefficient (Wildman–Crippen LogP) is 3.85. The largest absolute Gasteiger partial charge is 0.508 e. The van der Waals surface area contributed by atoms with E-state index in [1.807, 2.05) is 17.7 Å². The first-order valence-electron chi connectivity index (χ1n) is 7.87. The zero-order valence-electron chi connectivity index (χ0n) is 13.9. The maximum Gasteiger partial charge on any atom is 0.150 e. The molecule has 24 heavy (non-hydrogen) atoms. The molecule has 0 bridgehead atoms. The van der Waals surface area contributed by atoms with E-state index >= 15 is 0 Å². The molecule has 5 heteroatoms. The minimum Gasteiger partial charge on any atom is -0.508 e. The van der Waals surface area contributed by atoms with Crippen LogP contribution in [0.3, 0.4) is 0 Å². The van der Waals surface area contributed by atoms with Crippen molar-refractivity contribution in [2.24, 2.45) is 0 Å². The molecule has 4 rings (SSSR count). The second-order valence-electron chi connectivity index (χ2n) is 6.14. The molecule has 2 N–H and O–H groups in total. The summed E-state index contributed by atoms with van der Waals surface area (Å²) < 4.78 is 7.45. The Bertz CT molecular complexity index is 930. The number of methoxy groups -OCH3 is 1. The molecule has 2 heterocycles. The van der Waals surface area contributed by atoms with Gasteiger partial charge in [-0.2, -0.15) is 5.10 Å². The van der Waals surface area contributed by atoms with E-state index in [2.05, 4.69) is 41.6 Å². The molecule has 0 fully saturated rings. The molecule has 0 amide bonds. The van der Waals surface area contributed by atoms with E-state index < -0.39 is 0 Å². The summed E-state index contributed by atoms with van der Waals surface area (Å²) in [7, 11) is 1.60. The van der Waals surface area contributed by atoms with Gasteiger partial charge >= 0.3 is 0 Å². The molecule has 0 spiro atoms. The average Bonchev–Trinajstić information content (AvgIpc) is 2.96. The monoisotopic (exact) mass is 321 g/mol. The van der Waals surface area contributed by atoms with Gasteiger partial charge in [0, 0.05) is 22.9 Å². The van der Waals surface area contributed by atoms with Crippen LogP contribution in [0.25, 0.3) is 11.3 Å². The number of aromatic nitrogens is 2. The molecule has 2 aromatic carbocycles. The third kappa shape index (κ3) is 2.21. The highest BCUT2D eigenvalue weighted by atomic mass is 16.5. The van der Waals surface area contributed by atoms with Crippen LogP contribution in [-0.4, -0.2) is 22.0 Å². The summed E-state index contributed by atoms with van der Waals surface area (Å²) in [6.45, 7) is 4.08. The molecule has 3 aromatic rings. The van der Waals surface area contributed by atoms with Gasteiger partial charge in [0.1, 0.15) is 11.5 Å². The van der Waals surface area contributed by atoms with Gasteiger partial charge in [-0.3, -0.25) is 0 Å². The predicted molar refractivity (Wildman–Crippen MR) is 93.6 cm³/mol. The molecule has 0 unspecified atom stereocenters. The van der Waals surface area contributed by atoms with Gasteiger partial charge in [-0.15, -0.1) is 0 Å². The lowest BCUT2D eigenvalue weighted by Gasteiger charge is -2.30. The standard InChI is InChI=1S/C19H19N3O2/c1-11-4-7-16-15(8-11)17-9-12(2)21-22(17)19(20-16)14-6-5-13(23)10-18(14)24-3/h4-10,19-20,23H,1-3H3/t19-/m1/s1. The van der Waals surface area contributed by atoms with Crippen molar-refractivity contribution >= 4 is 5.69 Å². The van der Waals surface area contributed by atoms with Crippen molar-refractivity contribution in [1.82, 2.24) is 9.78 Å². The zero-order valence-corrected chi connectivity index (χ0v) is 13.9. The second-order valence-corrected chi connectivity index (χ2v) is 6.14. The molecular formula is C19H19N3O2. The highest BCUT2D eigenvalue weighted by Gasteiger charge is 2.28. The number of fused-ring (bicyclic) bond motifs is 3. The Morgan fingerprint density at radius 2 is 1.96 bits per heavy atom. The molecule has 0 aliphatic carbocycles. The van der Waals surface area contributed by atoms with Gasteiger partial charge < -0.3 is 15.2 Å². The van der Waals surface area contributed by atoms with Crippen LogP contribution in [0.5, 0.6) is 11.5 Å². The number of ether oxygens (including phenoxy) is 1. The van der Waals surface area contributed by atoms with E-state index in [0.717, 1.165) is 28.2 Å². The molecule has 1 aromatic heterocycles. The first kappa shape index (κ1) is 14.6. The van der Waals surface area contributed by atoms with E-state index in [-0.39, 0.29) is 11.9 Å². The van der Waals surface area contributed by atoms with Gasteiger partial charge in [0.05, 0.1) is 18.5 Å². The van der Waals surface area contributed by atoms with Gasteiger partial charge in [-0.05, 0) is 44.2 Å². The number of benzene rings is 2. The van der Waals surface area contributed by atoms with Gasteiger partial charge in [0.15, 0.2) is 6.17 Å². The van der Waals surface area contributed by atoms with Crippen LogP contribution in [0.1, 0.15) is 23.0 Å². The van der Waals surface area contributed by atoms with Crippen LogP contribution in [0.2, 0.25) is 0 Å². The summed E-state index contributed by atoms with van der Waals surface area (Å²) in [4.78, 5) is 0. The summed E-state index contributed by atoms with van der Waals surface area (Å²) in [6.07, 6.45) is -0.195. The van der Waals surface area contributed by atoms with Gasteiger partial charge in [-0.1, -0.05) is 11.6 Å². The molecule has 0 saturated heterocycles. The van der Waals surface area contributed by atoms with E-state index in [0.29, 0.717) is 5.75 Å². The summed E-state index contributed by atoms with van der Waals surface area (Å²) in [5.41, 5.74) is 6.37. The Morgan fingerprint density at radius 3 is 2.75 bits per heavy atom. The molecular weight excluding hydrogens is 302 g/mol. The number of anilines is 1. The van der Waals surface area contributed by atoms with Crippen LogP contribution in [0.4, 0.5) is 5.69 Å². The fourth-order valence-electron chi connectivity index (χ4n) is 3.25. The number of nitrogens with one attached hydrogen (secondary N) is 1. The number of hydrogen-bond acceptors (Lipinski definition) is 4. The molecule has 0 radical (unpaired) electrons. The first-order valence-corrected chi connectivity index (χ1v) is 7.87. The van der Waals surface area contributed by atoms with Crippen molar-refractivity contribution in [3.63, 3.8) is 0 Å². The number of nitrogens with zero attached hydrogens (tertiary/aromatic N) is 2. The topological polar surface area (TPSA) is 59.3 Å². The van der Waals surface area contributed by atoms with Crippen molar-refractivity contribution in [3.8, 4) is 22.8 Å². The van der Waals surface area contributed by atoms with Crippen LogP contribution >= 0.6 is 0 Å². The second kappa shape index (κ2) is 5.30. The lowest BCUT2D eigenvalue weighted by atomic mass is 10.0. The molecule has 1 atom stereocenters. The summed E-state index contributed by atoms with van der Waals surface area (Å²) in [5, 5.41) is 17.9. The fourth-order valence-corrected chi connectivity index (χ4v) is 3.25. The lowest BCUT2D eigenvalue weighted by Crippen LogP contribution is -2.26. The normalized spacial score (nSPS) is 15.4. The van der Waals surface area contributed by atoms with Crippen molar-refractivity contribution in [3.05, 3.63) is 59.3 Å². The Morgan fingerprint density at radius 1 is 1.12 bits per heavy atom. The van der Waals surface area contributed by atoms with Crippen LogP contribution in [0.15, 0.2) is 42.5 Å². The summed E-state index contributed by atoms with van der Waals surface area (Å²) in [6, 6.07) is 13.6. The quantitative estimate of drug-likeness (QED) is 0.752. The molecule has 1 aliphatic rings. The highest BCUT2D eigenvalue weighted by molar-refractivity contribution is 5.79. The Kier molecular flexibility index (Phi) is 3.23. The Balaban J connectivity index is 1.92.